The zero-order valence-electron chi connectivity index (χ0n) is 12.4. The van der Waals surface area contributed by atoms with E-state index in [1.807, 2.05) is 0 Å². The van der Waals surface area contributed by atoms with Crippen LogP contribution in [0.1, 0.15) is 46.5 Å². The largest absolute Gasteiger partial charge is 0.375 e. The zero-order valence-corrected chi connectivity index (χ0v) is 12.4. The van der Waals surface area contributed by atoms with Gasteiger partial charge < -0.3 is 15.0 Å². The molecule has 2 aliphatic rings. The Kier molecular flexibility index (Phi) is 5.05. The van der Waals surface area contributed by atoms with Gasteiger partial charge in [-0.2, -0.15) is 0 Å². The number of hydrogen-bond acceptors (Lipinski definition) is 3. The molecule has 0 aromatic rings. The molecule has 3 nitrogen and oxygen atoms in total. The van der Waals surface area contributed by atoms with Crippen molar-refractivity contribution in [2.75, 3.05) is 32.8 Å². The summed E-state index contributed by atoms with van der Waals surface area (Å²) in [6.45, 7) is 12.1. The van der Waals surface area contributed by atoms with E-state index < -0.39 is 0 Å². The number of nitrogens with zero attached hydrogens (tertiary/aromatic N) is 1. The minimum Gasteiger partial charge on any atom is -0.375 e. The maximum Gasteiger partial charge on any atom is 0.0600 e. The van der Waals surface area contributed by atoms with E-state index in [-0.39, 0.29) is 5.60 Å². The Morgan fingerprint density at radius 3 is 2.44 bits per heavy atom. The first-order chi connectivity index (χ1) is 8.54. The lowest BCUT2D eigenvalue weighted by molar-refractivity contribution is -0.0166. The van der Waals surface area contributed by atoms with E-state index in [1.54, 1.807) is 0 Å². The van der Waals surface area contributed by atoms with Gasteiger partial charge in [-0.15, -0.1) is 0 Å². The molecule has 1 N–H and O–H groups in total. The second kappa shape index (κ2) is 6.36. The van der Waals surface area contributed by atoms with Crippen molar-refractivity contribution in [1.29, 1.82) is 0 Å². The molecule has 0 bridgehead atoms. The third kappa shape index (κ3) is 4.52. The molecule has 0 aliphatic carbocycles. The summed E-state index contributed by atoms with van der Waals surface area (Å²) in [5.41, 5.74) is 0.00604. The van der Waals surface area contributed by atoms with Crippen molar-refractivity contribution in [3.05, 3.63) is 0 Å². The summed E-state index contributed by atoms with van der Waals surface area (Å²) in [4.78, 5) is 2.57. The van der Waals surface area contributed by atoms with Gasteiger partial charge in [-0.1, -0.05) is 0 Å². The fourth-order valence-electron chi connectivity index (χ4n) is 3.17. The number of likely N-dealkylation sites (tertiary alicyclic amines) is 1. The van der Waals surface area contributed by atoms with Gasteiger partial charge in [-0.3, -0.25) is 0 Å². The fraction of sp³-hybridized carbons (Fsp3) is 1.00. The molecule has 1 atom stereocenters. The van der Waals surface area contributed by atoms with E-state index in [2.05, 4.69) is 31.0 Å². The van der Waals surface area contributed by atoms with Gasteiger partial charge in [0.25, 0.3) is 0 Å². The number of nitrogens with one attached hydrogen (secondary N) is 1. The molecule has 2 heterocycles. The molecule has 0 spiro atoms. The normalized spacial score (nSPS) is 27.8. The van der Waals surface area contributed by atoms with Crippen molar-refractivity contribution in [3.8, 4) is 0 Å². The molecule has 106 valence electrons. The molecule has 0 radical (unpaired) electrons. The van der Waals surface area contributed by atoms with Crippen LogP contribution >= 0.6 is 0 Å². The van der Waals surface area contributed by atoms with Crippen LogP contribution in [-0.4, -0.2) is 49.3 Å². The van der Waals surface area contributed by atoms with Crippen molar-refractivity contribution in [1.82, 2.24) is 10.2 Å². The van der Waals surface area contributed by atoms with Gasteiger partial charge in [0.05, 0.1) is 12.2 Å². The average Bonchev–Trinajstić information content (AvgIpc) is 2.82. The molecular weight excluding hydrogens is 224 g/mol. The summed E-state index contributed by atoms with van der Waals surface area (Å²) < 4.78 is 5.80. The Morgan fingerprint density at radius 2 is 1.89 bits per heavy atom. The van der Waals surface area contributed by atoms with Gasteiger partial charge in [0, 0.05) is 12.6 Å². The van der Waals surface area contributed by atoms with Crippen LogP contribution in [0.4, 0.5) is 0 Å². The Morgan fingerprint density at radius 1 is 1.17 bits per heavy atom. The SMILES string of the molecule is CC(C)(C)OCCN1CCC(C2CCCN2)CC1. The summed E-state index contributed by atoms with van der Waals surface area (Å²) in [7, 11) is 0. The molecule has 2 fully saturated rings. The summed E-state index contributed by atoms with van der Waals surface area (Å²) in [5.74, 6) is 0.923. The van der Waals surface area contributed by atoms with Crippen molar-refractivity contribution in [2.45, 2.75) is 58.1 Å². The maximum atomic E-state index is 5.80. The highest BCUT2D eigenvalue weighted by Gasteiger charge is 2.28. The third-order valence-electron chi connectivity index (χ3n) is 4.24. The highest BCUT2D eigenvalue weighted by atomic mass is 16.5. The van der Waals surface area contributed by atoms with Gasteiger partial charge in [0.1, 0.15) is 0 Å². The van der Waals surface area contributed by atoms with Gasteiger partial charge in [0.2, 0.25) is 0 Å². The molecule has 0 aromatic heterocycles. The fourth-order valence-corrected chi connectivity index (χ4v) is 3.17. The second-order valence-corrected chi connectivity index (χ2v) is 6.84. The molecule has 2 aliphatic heterocycles. The van der Waals surface area contributed by atoms with Crippen LogP contribution in [0.3, 0.4) is 0 Å². The Balaban J connectivity index is 1.61. The first-order valence-electron chi connectivity index (χ1n) is 7.64. The topological polar surface area (TPSA) is 24.5 Å². The first-order valence-corrected chi connectivity index (χ1v) is 7.64. The van der Waals surface area contributed by atoms with Crippen LogP contribution in [0.5, 0.6) is 0 Å². The van der Waals surface area contributed by atoms with Gasteiger partial charge in [0.15, 0.2) is 0 Å². The lowest BCUT2D eigenvalue weighted by Crippen LogP contribution is -2.42. The van der Waals surface area contributed by atoms with Crippen LogP contribution < -0.4 is 5.32 Å². The van der Waals surface area contributed by atoms with E-state index in [0.29, 0.717) is 0 Å². The summed E-state index contributed by atoms with van der Waals surface area (Å²) in [6, 6.07) is 0.818. The van der Waals surface area contributed by atoms with Gasteiger partial charge in [-0.05, 0) is 72.0 Å². The van der Waals surface area contributed by atoms with Crippen LogP contribution in [0.15, 0.2) is 0 Å². The summed E-state index contributed by atoms with van der Waals surface area (Å²) in [6.07, 6.45) is 5.52. The molecule has 2 saturated heterocycles. The molecule has 1 unspecified atom stereocenters. The van der Waals surface area contributed by atoms with Crippen LogP contribution in [0.2, 0.25) is 0 Å². The molecule has 0 saturated carbocycles. The molecule has 0 amide bonds. The molecule has 3 heteroatoms. The number of hydrogen-bond donors (Lipinski definition) is 1. The Bertz CT molecular complexity index is 235. The van der Waals surface area contributed by atoms with Crippen LogP contribution in [-0.2, 0) is 4.74 Å². The molecular formula is C15H30N2O. The predicted octanol–water partition coefficient (Wildman–Crippen LogP) is 2.27. The molecule has 0 aromatic carbocycles. The summed E-state index contributed by atoms with van der Waals surface area (Å²) >= 11 is 0. The van der Waals surface area contributed by atoms with E-state index in [1.165, 1.54) is 45.3 Å². The van der Waals surface area contributed by atoms with Crippen molar-refractivity contribution < 1.29 is 4.74 Å². The summed E-state index contributed by atoms with van der Waals surface area (Å²) in [5, 5.41) is 3.66. The van der Waals surface area contributed by atoms with E-state index in [4.69, 9.17) is 4.74 Å². The van der Waals surface area contributed by atoms with Crippen molar-refractivity contribution in [3.63, 3.8) is 0 Å². The Hall–Kier alpha value is -0.120. The smallest absolute Gasteiger partial charge is 0.0600 e. The minimum atomic E-state index is 0.00604. The quantitative estimate of drug-likeness (QED) is 0.833. The van der Waals surface area contributed by atoms with Gasteiger partial charge in [-0.25, -0.2) is 0 Å². The maximum absolute atomic E-state index is 5.80. The lowest BCUT2D eigenvalue weighted by atomic mass is 9.88. The number of piperidine rings is 1. The standard InChI is InChI=1S/C15H30N2O/c1-15(2,3)18-12-11-17-9-6-13(7-10-17)14-5-4-8-16-14/h13-14,16H,4-12H2,1-3H3. The highest BCUT2D eigenvalue weighted by molar-refractivity contribution is 4.85. The van der Waals surface area contributed by atoms with Crippen LogP contribution in [0.25, 0.3) is 0 Å². The number of ether oxygens (including phenoxy) is 1. The van der Waals surface area contributed by atoms with Crippen molar-refractivity contribution >= 4 is 0 Å². The van der Waals surface area contributed by atoms with Gasteiger partial charge >= 0.3 is 0 Å². The molecule has 2 rings (SSSR count). The van der Waals surface area contributed by atoms with E-state index in [0.717, 1.165) is 25.1 Å². The zero-order chi connectivity index (χ0) is 13.0. The molecule has 18 heavy (non-hydrogen) atoms. The first kappa shape index (κ1) is 14.3. The second-order valence-electron chi connectivity index (χ2n) is 6.84. The monoisotopic (exact) mass is 254 g/mol. The Labute approximate surface area is 112 Å². The average molecular weight is 254 g/mol. The highest BCUT2D eigenvalue weighted by Crippen LogP contribution is 2.25. The number of rotatable bonds is 4. The minimum absolute atomic E-state index is 0.00604. The van der Waals surface area contributed by atoms with Crippen LogP contribution in [0, 0.1) is 5.92 Å². The lowest BCUT2D eigenvalue weighted by Gasteiger charge is -2.35. The van der Waals surface area contributed by atoms with Crippen molar-refractivity contribution in [2.24, 2.45) is 5.92 Å². The predicted molar refractivity (Wildman–Crippen MR) is 75.9 cm³/mol. The van der Waals surface area contributed by atoms with E-state index in [9.17, 15) is 0 Å². The third-order valence-corrected chi connectivity index (χ3v) is 4.24. The van der Waals surface area contributed by atoms with E-state index >= 15 is 0 Å².